The van der Waals surface area contributed by atoms with Crippen LogP contribution in [0.15, 0.2) is 0 Å². The SMILES string of the molecule is CCCCCCCCCCCCCC(=O)OCCN1CCN(CCOC(C)=O)CC1. The minimum absolute atomic E-state index is 0.0501. The second-order valence-corrected chi connectivity index (χ2v) is 8.53. The molecule has 1 fully saturated rings. The van der Waals surface area contributed by atoms with Gasteiger partial charge in [-0.15, -0.1) is 0 Å². The van der Waals surface area contributed by atoms with Gasteiger partial charge in [-0.1, -0.05) is 71.1 Å². The molecule has 0 unspecified atom stereocenters. The molecule has 0 N–H and O–H groups in total. The highest BCUT2D eigenvalue weighted by atomic mass is 16.5. The molecule has 0 aromatic heterocycles. The van der Waals surface area contributed by atoms with E-state index in [0.717, 1.165) is 52.1 Å². The number of unbranched alkanes of at least 4 members (excludes halogenated alkanes) is 10. The van der Waals surface area contributed by atoms with Crippen molar-refractivity contribution in [1.29, 1.82) is 0 Å². The quantitative estimate of drug-likeness (QED) is 0.239. The molecule has 176 valence electrons. The van der Waals surface area contributed by atoms with Crippen LogP contribution in [-0.2, 0) is 19.1 Å². The first-order valence-corrected chi connectivity index (χ1v) is 12.4. The Hall–Kier alpha value is -1.14. The minimum Gasteiger partial charge on any atom is -0.465 e. The van der Waals surface area contributed by atoms with Gasteiger partial charge in [-0.05, 0) is 6.42 Å². The van der Waals surface area contributed by atoms with Crippen molar-refractivity contribution >= 4 is 11.9 Å². The third-order valence-electron chi connectivity index (χ3n) is 5.83. The number of nitrogens with zero attached hydrogens (tertiary/aromatic N) is 2. The second-order valence-electron chi connectivity index (χ2n) is 8.53. The zero-order valence-electron chi connectivity index (χ0n) is 19.7. The number of carbonyl (C=O) groups excluding carboxylic acids is 2. The van der Waals surface area contributed by atoms with Crippen LogP contribution in [-0.4, -0.2) is 74.2 Å². The lowest BCUT2D eigenvalue weighted by Gasteiger charge is -2.34. The number of esters is 2. The molecule has 6 heteroatoms. The molecule has 1 heterocycles. The Balaban J connectivity index is 1.86. The summed E-state index contributed by atoms with van der Waals surface area (Å²) in [5.41, 5.74) is 0. The number of hydrogen-bond donors (Lipinski definition) is 0. The van der Waals surface area contributed by atoms with E-state index < -0.39 is 0 Å². The van der Waals surface area contributed by atoms with Crippen LogP contribution >= 0.6 is 0 Å². The van der Waals surface area contributed by atoms with Crippen molar-refractivity contribution in [3.63, 3.8) is 0 Å². The summed E-state index contributed by atoms with van der Waals surface area (Å²) in [6, 6.07) is 0. The van der Waals surface area contributed by atoms with Gasteiger partial charge in [-0.2, -0.15) is 0 Å². The molecule has 0 radical (unpaired) electrons. The lowest BCUT2D eigenvalue weighted by atomic mass is 10.1. The van der Waals surface area contributed by atoms with Crippen molar-refractivity contribution < 1.29 is 19.1 Å². The molecular weight excluding hydrogens is 380 g/mol. The van der Waals surface area contributed by atoms with Gasteiger partial charge in [0.15, 0.2) is 0 Å². The average molecular weight is 427 g/mol. The van der Waals surface area contributed by atoms with Crippen molar-refractivity contribution in [3.05, 3.63) is 0 Å². The van der Waals surface area contributed by atoms with Gasteiger partial charge in [0, 0.05) is 52.6 Å². The third-order valence-corrected chi connectivity index (χ3v) is 5.83. The van der Waals surface area contributed by atoms with E-state index in [1.54, 1.807) is 0 Å². The average Bonchev–Trinajstić information content (AvgIpc) is 2.73. The lowest BCUT2D eigenvalue weighted by molar-refractivity contribution is -0.144. The van der Waals surface area contributed by atoms with Crippen LogP contribution < -0.4 is 0 Å². The maximum Gasteiger partial charge on any atom is 0.305 e. The number of hydrogen-bond acceptors (Lipinski definition) is 6. The van der Waals surface area contributed by atoms with Crippen molar-refractivity contribution in [2.24, 2.45) is 0 Å². The van der Waals surface area contributed by atoms with Crippen molar-refractivity contribution in [1.82, 2.24) is 9.80 Å². The van der Waals surface area contributed by atoms with Gasteiger partial charge >= 0.3 is 11.9 Å². The Morgan fingerprint density at radius 1 is 0.667 bits per heavy atom. The first kappa shape index (κ1) is 26.9. The second kappa shape index (κ2) is 18.6. The number of piperazine rings is 1. The summed E-state index contributed by atoms with van der Waals surface area (Å²) < 4.78 is 10.4. The largest absolute Gasteiger partial charge is 0.465 e. The fourth-order valence-electron chi connectivity index (χ4n) is 3.85. The Labute approximate surface area is 184 Å². The van der Waals surface area contributed by atoms with Crippen LogP contribution in [0.4, 0.5) is 0 Å². The number of ether oxygens (including phenoxy) is 2. The lowest BCUT2D eigenvalue weighted by Crippen LogP contribution is -2.48. The maximum atomic E-state index is 11.9. The molecule has 0 saturated carbocycles. The van der Waals surface area contributed by atoms with Crippen molar-refractivity contribution in [2.45, 2.75) is 90.9 Å². The van der Waals surface area contributed by atoms with E-state index in [1.807, 2.05) is 0 Å². The van der Waals surface area contributed by atoms with Crippen LogP contribution in [0.5, 0.6) is 0 Å². The Bertz CT molecular complexity index is 437. The summed E-state index contributed by atoms with van der Waals surface area (Å²) in [5.74, 6) is -0.269. The fraction of sp³-hybridized carbons (Fsp3) is 0.917. The van der Waals surface area contributed by atoms with E-state index >= 15 is 0 Å². The summed E-state index contributed by atoms with van der Waals surface area (Å²) in [5, 5.41) is 0. The molecule has 6 nitrogen and oxygen atoms in total. The van der Waals surface area contributed by atoms with E-state index in [-0.39, 0.29) is 11.9 Å². The van der Waals surface area contributed by atoms with E-state index in [0.29, 0.717) is 19.6 Å². The normalized spacial score (nSPS) is 15.3. The summed E-state index contributed by atoms with van der Waals surface area (Å²) in [7, 11) is 0. The first-order chi connectivity index (χ1) is 14.6. The molecule has 30 heavy (non-hydrogen) atoms. The van der Waals surface area contributed by atoms with E-state index in [4.69, 9.17) is 9.47 Å². The molecule has 1 aliphatic heterocycles. The fourth-order valence-corrected chi connectivity index (χ4v) is 3.85. The summed E-state index contributed by atoms with van der Waals surface area (Å²) in [4.78, 5) is 27.3. The molecule has 0 bridgehead atoms. The zero-order chi connectivity index (χ0) is 21.9. The van der Waals surface area contributed by atoms with Gasteiger partial charge in [0.05, 0.1) is 0 Å². The molecule has 0 aliphatic carbocycles. The van der Waals surface area contributed by atoms with Gasteiger partial charge in [0.25, 0.3) is 0 Å². The molecule has 1 rings (SSSR count). The number of carbonyl (C=O) groups is 2. The molecule has 0 amide bonds. The molecule has 1 saturated heterocycles. The van der Waals surface area contributed by atoms with E-state index in [9.17, 15) is 9.59 Å². The highest BCUT2D eigenvalue weighted by Crippen LogP contribution is 2.12. The van der Waals surface area contributed by atoms with Crippen LogP contribution in [0.1, 0.15) is 90.9 Å². The molecule has 0 atom stereocenters. The standard InChI is InChI=1S/C24H46N2O4/c1-3-4-5-6-7-8-9-10-11-12-13-14-24(28)30-22-20-26-17-15-25(16-18-26)19-21-29-23(2)27/h3-22H2,1-2H3. The highest BCUT2D eigenvalue weighted by molar-refractivity contribution is 5.69. The smallest absolute Gasteiger partial charge is 0.305 e. The first-order valence-electron chi connectivity index (χ1n) is 12.4. The predicted octanol–water partition coefficient (Wildman–Crippen LogP) is 4.41. The van der Waals surface area contributed by atoms with Crippen LogP contribution in [0.2, 0.25) is 0 Å². The van der Waals surface area contributed by atoms with E-state index in [2.05, 4.69) is 16.7 Å². The van der Waals surface area contributed by atoms with Crippen molar-refractivity contribution in [3.8, 4) is 0 Å². The maximum absolute atomic E-state index is 11.9. The molecule has 0 aromatic rings. The molecule has 0 spiro atoms. The Morgan fingerprint density at radius 2 is 1.10 bits per heavy atom. The van der Waals surface area contributed by atoms with E-state index in [1.165, 1.54) is 64.7 Å². The van der Waals surface area contributed by atoms with Crippen LogP contribution in [0.3, 0.4) is 0 Å². The third kappa shape index (κ3) is 15.7. The Kier molecular flexibility index (Phi) is 16.7. The Morgan fingerprint density at radius 3 is 1.57 bits per heavy atom. The van der Waals surface area contributed by atoms with Crippen LogP contribution in [0, 0.1) is 0 Å². The van der Waals surface area contributed by atoms with Gasteiger partial charge < -0.3 is 9.47 Å². The topological polar surface area (TPSA) is 59.1 Å². The predicted molar refractivity (Wildman–Crippen MR) is 122 cm³/mol. The molecule has 0 aromatic carbocycles. The molecular formula is C24H46N2O4. The van der Waals surface area contributed by atoms with Gasteiger partial charge in [0.1, 0.15) is 13.2 Å². The minimum atomic E-state index is -0.219. The highest BCUT2D eigenvalue weighted by Gasteiger charge is 2.17. The van der Waals surface area contributed by atoms with Gasteiger partial charge in [-0.25, -0.2) is 0 Å². The molecule has 1 aliphatic rings. The monoisotopic (exact) mass is 426 g/mol. The number of rotatable bonds is 18. The van der Waals surface area contributed by atoms with Gasteiger partial charge in [0.2, 0.25) is 0 Å². The summed E-state index contributed by atoms with van der Waals surface area (Å²) >= 11 is 0. The van der Waals surface area contributed by atoms with Crippen LogP contribution in [0.25, 0.3) is 0 Å². The zero-order valence-corrected chi connectivity index (χ0v) is 19.7. The summed E-state index contributed by atoms with van der Waals surface area (Å²) in [6.45, 7) is 10.1. The van der Waals surface area contributed by atoms with Crippen molar-refractivity contribution in [2.75, 3.05) is 52.5 Å². The summed E-state index contributed by atoms with van der Waals surface area (Å²) in [6.07, 6.45) is 14.8. The van der Waals surface area contributed by atoms with Gasteiger partial charge in [-0.3, -0.25) is 19.4 Å².